The number of carbonyl (C=O) groups excluding carboxylic acids is 1. The van der Waals surface area contributed by atoms with Gasteiger partial charge in [-0.05, 0) is 18.6 Å². The minimum absolute atomic E-state index is 0.208. The van der Waals surface area contributed by atoms with Crippen LogP contribution in [0.15, 0.2) is 24.3 Å². The van der Waals surface area contributed by atoms with E-state index in [4.69, 9.17) is 4.74 Å². The first-order valence-corrected chi connectivity index (χ1v) is 5.43. The van der Waals surface area contributed by atoms with Gasteiger partial charge in [0, 0.05) is 18.1 Å². The smallest absolute Gasteiger partial charge is 0.406 e. The Morgan fingerprint density at radius 3 is 2.78 bits per heavy atom. The van der Waals surface area contributed by atoms with Crippen molar-refractivity contribution in [2.75, 3.05) is 13.2 Å². The van der Waals surface area contributed by atoms with Crippen LogP contribution in [0.3, 0.4) is 0 Å². The molecule has 18 heavy (non-hydrogen) atoms. The molecule has 1 saturated heterocycles. The van der Waals surface area contributed by atoms with E-state index in [1.165, 1.54) is 12.1 Å². The fourth-order valence-electron chi connectivity index (χ4n) is 1.82. The fraction of sp³-hybridized carbons (Fsp3) is 0.417. The van der Waals surface area contributed by atoms with Crippen LogP contribution >= 0.6 is 0 Å². The standard InChI is InChI=1S/C12H11F3O3/c13-12(14,15)18-10-3-1-2-8(6-10)11(16)9-4-5-17-7-9/h1-3,6,9H,4-5,7H2. The van der Waals surface area contributed by atoms with Gasteiger partial charge in [-0.25, -0.2) is 0 Å². The summed E-state index contributed by atoms with van der Waals surface area (Å²) in [5.41, 5.74) is 0.215. The van der Waals surface area contributed by atoms with Gasteiger partial charge in [0.05, 0.1) is 6.61 Å². The van der Waals surface area contributed by atoms with E-state index in [-0.39, 0.29) is 23.0 Å². The van der Waals surface area contributed by atoms with Crippen molar-refractivity contribution in [3.8, 4) is 5.75 Å². The number of benzene rings is 1. The number of carbonyl (C=O) groups is 1. The SMILES string of the molecule is O=C(c1cccc(OC(F)(F)F)c1)C1CCOC1. The van der Waals surface area contributed by atoms with Crippen molar-refractivity contribution in [3.63, 3.8) is 0 Å². The average Bonchev–Trinajstić information content (AvgIpc) is 2.79. The van der Waals surface area contributed by atoms with E-state index >= 15 is 0 Å². The van der Waals surface area contributed by atoms with E-state index in [1.54, 1.807) is 0 Å². The summed E-state index contributed by atoms with van der Waals surface area (Å²) in [7, 11) is 0. The molecule has 6 heteroatoms. The van der Waals surface area contributed by atoms with E-state index in [0.717, 1.165) is 12.1 Å². The first-order chi connectivity index (χ1) is 8.46. The summed E-state index contributed by atoms with van der Waals surface area (Å²) >= 11 is 0. The second kappa shape index (κ2) is 4.97. The third-order valence-corrected chi connectivity index (χ3v) is 2.65. The molecule has 0 aromatic heterocycles. The van der Waals surface area contributed by atoms with Gasteiger partial charge < -0.3 is 9.47 Å². The molecule has 98 valence electrons. The minimum atomic E-state index is -4.75. The van der Waals surface area contributed by atoms with Crippen LogP contribution in [-0.2, 0) is 4.74 Å². The largest absolute Gasteiger partial charge is 0.573 e. The average molecular weight is 260 g/mol. The van der Waals surface area contributed by atoms with Gasteiger partial charge in [0.2, 0.25) is 0 Å². The zero-order valence-corrected chi connectivity index (χ0v) is 9.37. The van der Waals surface area contributed by atoms with Crippen LogP contribution in [0, 0.1) is 5.92 Å². The van der Waals surface area contributed by atoms with Crippen molar-refractivity contribution < 1.29 is 27.4 Å². The van der Waals surface area contributed by atoms with E-state index in [1.807, 2.05) is 0 Å². The molecule has 1 aliphatic heterocycles. The molecular formula is C12H11F3O3. The Morgan fingerprint density at radius 2 is 2.17 bits per heavy atom. The molecule has 1 unspecified atom stereocenters. The lowest BCUT2D eigenvalue weighted by Gasteiger charge is -2.11. The van der Waals surface area contributed by atoms with Gasteiger partial charge in [-0.1, -0.05) is 12.1 Å². The Hall–Kier alpha value is -1.56. The molecule has 0 amide bonds. The summed E-state index contributed by atoms with van der Waals surface area (Å²) in [6.45, 7) is 0.832. The second-order valence-corrected chi connectivity index (χ2v) is 4.00. The molecule has 3 nitrogen and oxygen atoms in total. The Bertz CT molecular complexity index is 436. The van der Waals surface area contributed by atoms with E-state index in [2.05, 4.69) is 4.74 Å². The monoisotopic (exact) mass is 260 g/mol. The summed E-state index contributed by atoms with van der Waals surface area (Å²) in [6.07, 6.45) is -4.15. The number of hydrogen-bond acceptors (Lipinski definition) is 3. The van der Waals surface area contributed by atoms with Crippen molar-refractivity contribution in [1.29, 1.82) is 0 Å². The Morgan fingerprint density at radius 1 is 1.39 bits per heavy atom. The number of hydrogen-bond donors (Lipinski definition) is 0. The van der Waals surface area contributed by atoms with Crippen molar-refractivity contribution in [2.45, 2.75) is 12.8 Å². The lowest BCUT2D eigenvalue weighted by atomic mass is 9.97. The zero-order valence-electron chi connectivity index (χ0n) is 9.37. The summed E-state index contributed by atoms with van der Waals surface area (Å²) in [4.78, 5) is 11.9. The third-order valence-electron chi connectivity index (χ3n) is 2.65. The van der Waals surface area contributed by atoms with Gasteiger partial charge in [0.25, 0.3) is 0 Å². The molecule has 2 rings (SSSR count). The summed E-state index contributed by atoms with van der Waals surface area (Å²) in [5.74, 6) is -0.862. The molecular weight excluding hydrogens is 249 g/mol. The fourth-order valence-corrected chi connectivity index (χ4v) is 1.82. The minimum Gasteiger partial charge on any atom is -0.406 e. The van der Waals surface area contributed by atoms with Crippen LogP contribution in [-0.4, -0.2) is 25.4 Å². The number of Topliss-reactive ketones (excluding diaryl/α,β-unsaturated/α-hetero) is 1. The van der Waals surface area contributed by atoms with Crippen LogP contribution in [0.25, 0.3) is 0 Å². The van der Waals surface area contributed by atoms with Crippen molar-refractivity contribution in [2.24, 2.45) is 5.92 Å². The topological polar surface area (TPSA) is 35.5 Å². The van der Waals surface area contributed by atoms with Gasteiger partial charge in [-0.2, -0.15) is 0 Å². The molecule has 1 aliphatic rings. The Balaban J connectivity index is 2.13. The van der Waals surface area contributed by atoms with Gasteiger partial charge in [0.1, 0.15) is 5.75 Å². The summed E-state index contributed by atoms with van der Waals surface area (Å²) < 4.78 is 45.0. The molecule has 0 aliphatic carbocycles. The number of rotatable bonds is 3. The molecule has 1 atom stereocenters. The number of ketones is 1. The van der Waals surface area contributed by atoms with Crippen molar-refractivity contribution >= 4 is 5.78 Å². The lowest BCUT2D eigenvalue weighted by Crippen LogP contribution is -2.18. The normalized spacial score (nSPS) is 19.8. The highest BCUT2D eigenvalue weighted by Crippen LogP contribution is 2.25. The second-order valence-electron chi connectivity index (χ2n) is 4.00. The zero-order chi connectivity index (χ0) is 13.2. The molecule has 1 aromatic carbocycles. The van der Waals surface area contributed by atoms with E-state index < -0.39 is 6.36 Å². The number of halogens is 3. The van der Waals surface area contributed by atoms with Gasteiger partial charge in [-0.3, -0.25) is 4.79 Å². The number of alkyl halides is 3. The molecule has 0 N–H and O–H groups in total. The molecule has 0 spiro atoms. The highest BCUT2D eigenvalue weighted by Gasteiger charge is 2.31. The van der Waals surface area contributed by atoms with Crippen LogP contribution in [0.1, 0.15) is 16.8 Å². The maximum Gasteiger partial charge on any atom is 0.573 e. The Labute approximate surface area is 102 Å². The van der Waals surface area contributed by atoms with Gasteiger partial charge in [0.15, 0.2) is 5.78 Å². The third kappa shape index (κ3) is 3.22. The predicted molar refractivity (Wildman–Crippen MR) is 56.4 cm³/mol. The summed E-state index contributed by atoms with van der Waals surface area (Å²) in [6, 6.07) is 5.11. The molecule has 1 heterocycles. The van der Waals surface area contributed by atoms with Crippen LogP contribution in [0.5, 0.6) is 5.75 Å². The predicted octanol–water partition coefficient (Wildman–Crippen LogP) is 2.80. The first-order valence-electron chi connectivity index (χ1n) is 5.43. The molecule has 1 aromatic rings. The maximum absolute atomic E-state index is 12.0. The Kier molecular flexibility index (Phi) is 3.56. The molecule has 0 saturated carbocycles. The molecule has 1 fully saturated rings. The number of ether oxygens (including phenoxy) is 2. The molecule has 0 radical (unpaired) electrons. The van der Waals surface area contributed by atoms with Crippen LogP contribution in [0.4, 0.5) is 13.2 Å². The van der Waals surface area contributed by atoms with Crippen LogP contribution < -0.4 is 4.74 Å². The summed E-state index contributed by atoms with van der Waals surface area (Å²) in [5, 5.41) is 0. The van der Waals surface area contributed by atoms with E-state index in [9.17, 15) is 18.0 Å². The highest BCUT2D eigenvalue weighted by atomic mass is 19.4. The van der Waals surface area contributed by atoms with Crippen molar-refractivity contribution in [3.05, 3.63) is 29.8 Å². The van der Waals surface area contributed by atoms with Gasteiger partial charge >= 0.3 is 6.36 Å². The van der Waals surface area contributed by atoms with Gasteiger partial charge in [-0.15, -0.1) is 13.2 Å². The maximum atomic E-state index is 12.0. The quantitative estimate of drug-likeness (QED) is 0.784. The van der Waals surface area contributed by atoms with E-state index in [0.29, 0.717) is 19.6 Å². The lowest BCUT2D eigenvalue weighted by molar-refractivity contribution is -0.274. The first kappa shape index (κ1) is 12.9. The highest BCUT2D eigenvalue weighted by molar-refractivity contribution is 5.98. The molecule has 0 bridgehead atoms. The van der Waals surface area contributed by atoms with Crippen LogP contribution in [0.2, 0.25) is 0 Å². The van der Waals surface area contributed by atoms with Crippen molar-refractivity contribution in [1.82, 2.24) is 0 Å².